The van der Waals surface area contributed by atoms with Crippen molar-refractivity contribution in [2.24, 2.45) is 0 Å². The Morgan fingerprint density at radius 1 is 1.10 bits per heavy atom. The maximum absolute atomic E-state index is 13.4. The number of Topliss-reactive ketones (excluding diaryl/α,β-unsaturated/α-hetero) is 1. The summed E-state index contributed by atoms with van der Waals surface area (Å²) in [6.07, 6.45) is 4.33. The predicted octanol–water partition coefficient (Wildman–Crippen LogP) is 4.39. The number of pyridine rings is 1. The average Bonchev–Trinajstić information content (AvgIpc) is 2.73. The Labute approximate surface area is 176 Å². The lowest BCUT2D eigenvalue weighted by atomic mass is 9.72. The van der Waals surface area contributed by atoms with E-state index < -0.39 is 11.9 Å². The minimum absolute atomic E-state index is 0.0637. The maximum atomic E-state index is 13.4. The Bertz CT molecular complexity index is 1020. The van der Waals surface area contributed by atoms with Crippen molar-refractivity contribution in [1.29, 1.82) is 0 Å². The highest BCUT2D eigenvalue weighted by Crippen LogP contribution is 2.45. The summed E-state index contributed by atoms with van der Waals surface area (Å²) >= 11 is 0. The van der Waals surface area contributed by atoms with Gasteiger partial charge in [0.1, 0.15) is 0 Å². The summed E-state index contributed by atoms with van der Waals surface area (Å²) in [4.78, 5) is 30.6. The zero-order chi connectivity index (χ0) is 21.3. The molecule has 1 N–H and O–H groups in total. The Morgan fingerprint density at radius 3 is 2.50 bits per heavy atom. The van der Waals surface area contributed by atoms with Crippen LogP contribution in [0.2, 0.25) is 0 Å². The normalized spacial score (nSPS) is 21.4. The van der Waals surface area contributed by atoms with E-state index in [-0.39, 0.29) is 17.8 Å². The number of carbonyl (C=O) groups excluding carboxylic acids is 2. The van der Waals surface area contributed by atoms with E-state index in [1.807, 2.05) is 51.1 Å². The quantitative estimate of drug-likeness (QED) is 0.768. The molecule has 154 valence electrons. The first-order valence-electron chi connectivity index (χ1n) is 10.4. The number of ketones is 1. The number of nitrogens with one attached hydrogen (secondary N) is 1. The Kier molecular flexibility index (Phi) is 5.53. The molecule has 2 aromatic rings. The van der Waals surface area contributed by atoms with Gasteiger partial charge in [0.2, 0.25) is 0 Å². The van der Waals surface area contributed by atoms with Crippen LogP contribution in [0.3, 0.4) is 0 Å². The molecule has 30 heavy (non-hydrogen) atoms. The average molecular weight is 402 g/mol. The third-order valence-electron chi connectivity index (χ3n) is 5.68. The number of nitrogens with zero attached hydrogens (tertiary/aromatic N) is 1. The van der Waals surface area contributed by atoms with Gasteiger partial charge in [-0.05, 0) is 50.3 Å². The molecule has 1 aliphatic carbocycles. The summed E-state index contributed by atoms with van der Waals surface area (Å²) in [6.45, 7) is 5.52. The monoisotopic (exact) mass is 402 g/mol. The molecule has 0 radical (unpaired) electrons. The Balaban J connectivity index is 1.78. The van der Waals surface area contributed by atoms with Crippen molar-refractivity contribution in [2.45, 2.75) is 51.6 Å². The van der Waals surface area contributed by atoms with Gasteiger partial charge < -0.3 is 10.1 Å². The van der Waals surface area contributed by atoms with Crippen LogP contribution >= 0.6 is 0 Å². The number of carbonyl (C=O) groups is 2. The van der Waals surface area contributed by atoms with E-state index >= 15 is 0 Å². The van der Waals surface area contributed by atoms with Crippen molar-refractivity contribution in [3.05, 3.63) is 88.5 Å². The largest absolute Gasteiger partial charge is 0.460 e. The minimum Gasteiger partial charge on any atom is -0.460 e. The van der Waals surface area contributed by atoms with Crippen LogP contribution in [0.4, 0.5) is 0 Å². The highest BCUT2D eigenvalue weighted by atomic mass is 16.5. The first-order valence-corrected chi connectivity index (χ1v) is 10.4. The lowest BCUT2D eigenvalue weighted by Crippen LogP contribution is -2.36. The van der Waals surface area contributed by atoms with Crippen LogP contribution in [0, 0.1) is 0 Å². The molecular formula is C25H26N2O3. The van der Waals surface area contributed by atoms with Gasteiger partial charge in [-0.25, -0.2) is 4.79 Å². The number of hydrogen-bond acceptors (Lipinski definition) is 5. The van der Waals surface area contributed by atoms with Gasteiger partial charge in [-0.15, -0.1) is 0 Å². The van der Waals surface area contributed by atoms with Crippen molar-refractivity contribution >= 4 is 11.8 Å². The third kappa shape index (κ3) is 3.80. The number of rotatable bonds is 4. The summed E-state index contributed by atoms with van der Waals surface area (Å²) in [7, 11) is 0. The van der Waals surface area contributed by atoms with Gasteiger partial charge in [0.05, 0.1) is 11.7 Å². The number of dihydropyridines is 1. The topological polar surface area (TPSA) is 68.3 Å². The molecule has 0 saturated heterocycles. The Hall–Kier alpha value is -3.21. The molecule has 0 amide bonds. The van der Waals surface area contributed by atoms with Gasteiger partial charge in [-0.2, -0.15) is 0 Å². The van der Waals surface area contributed by atoms with E-state index in [1.54, 1.807) is 12.4 Å². The van der Waals surface area contributed by atoms with Crippen LogP contribution in [0.25, 0.3) is 0 Å². The van der Waals surface area contributed by atoms with Gasteiger partial charge in [-0.1, -0.05) is 36.4 Å². The lowest BCUT2D eigenvalue weighted by molar-refractivity contribution is -0.143. The molecule has 2 atom stereocenters. The summed E-state index contributed by atoms with van der Waals surface area (Å²) in [5.74, 6) is -0.677. The number of aromatic nitrogens is 1. The zero-order valence-electron chi connectivity index (χ0n) is 17.5. The van der Waals surface area contributed by atoms with Crippen LogP contribution in [0.1, 0.15) is 56.6 Å². The number of hydrogen-bond donors (Lipinski definition) is 1. The molecule has 0 saturated carbocycles. The standard InChI is InChI=1S/C25H26N2O3/c1-15(2)30-25(29)22-16(3)27-20-12-19(17-8-5-4-6-9-17)13-21(28)24(20)23(22)18-10-7-11-26-14-18/h4-11,14-15,19,23,27H,12-13H2,1-3H3/t19-,23+/m1/s1. The molecule has 4 rings (SSSR count). The van der Waals surface area contributed by atoms with Gasteiger partial charge >= 0.3 is 5.97 Å². The SMILES string of the molecule is CC1=C(C(=O)OC(C)C)[C@H](c2cccnc2)C2=C(C[C@@H](c3ccccc3)CC2=O)N1. The molecule has 0 unspecified atom stereocenters. The zero-order valence-corrected chi connectivity index (χ0v) is 17.5. The summed E-state index contributed by atoms with van der Waals surface area (Å²) in [6, 6.07) is 13.9. The van der Waals surface area contributed by atoms with E-state index in [4.69, 9.17) is 4.74 Å². The van der Waals surface area contributed by atoms with Gasteiger partial charge in [0.15, 0.2) is 5.78 Å². The van der Waals surface area contributed by atoms with E-state index in [1.165, 1.54) is 0 Å². The molecule has 1 aromatic carbocycles. The maximum Gasteiger partial charge on any atom is 0.337 e. The number of allylic oxidation sites excluding steroid dienone is 3. The first-order chi connectivity index (χ1) is 14.5. The summed E-state index contributed by atoms with van der Waals surface area (Å²) in [5, 5.41) is 3.37. The van der Waals surface area contributed by atoms with Crippen molar-refractivity contribution in [1.82, 2.24) is 10.3 Å². The molecule has 2 heterocycles. The number of ether oxygens (including phenoxy) is 1. The molecule has 1 aromatic heterocycles. The molecule has 0 spiro atoms. The molecule has 0 bridgehead atoms. The smallest absolute Gasteiger partial charge is 0.337 e. The number of esters is 1. The fraction of sp³-hybridized carbons (Fsp3) is 0.320. The van der Waals surface area contributed by atoms with Gasteiger partial charge in [-0.3, -0.25) is 9.78 Å². The van der Waals surface area contributed by atoms with Crippen LogP contribution in [-0.4, -0.2) is 22.8 Å². The third-order valence-corrected chi connectivity index (χ3v) is 5.68. The first kappa shape index (κ1) is 20.1. The molecule has 2 aliphatic rings. The van der Waals surface area contributed by atoms with E-state index in [9.17, 15) is 9.59 Å². The van der Waals surface area contributed by atoms with E-state index in [2.05, 4.69) is 22.4 Å². The van der Waals surface area contributed by atoms with Crippen molar-refractivity contribution in [2.75, 3.05) is 0 Å². The highest BCUT2D eigenvalue weighted by molar-refractivity contribution is 6.04. The minimum atomic E-state index is -0.467. The van der Waals surface area contributed by atoms with Crippen molar-refractivity contribution in [3.63, 3.8) is 0 Å². The fourth-order valence-corrected chi connectivity index (χ4v) is 4.43. The Morgan fingerprint density at radius 2 is 1.83 bits per heavy atom. The van der Waals surface area contributed by atoms with Crippen LogP contribution < -0.4 is 5.32 Å². The second kappa shape index (κ2) is 8.27. The predicted molar refractivity (Wildman–Crippen MR) is 114 cm³/mol. The van der Waals surface area contributed by atoms with Gasteiger partial charge in [0.25, 0.3) is 0 Å². The fourth-order valence-electron chi connectivity index (χ4n) is 4.43. The second-order valence-corrected chi connectivity index (χ2v) is 8.17. The molecule has 5 heteroatoms. The summed E-state index contributed by atoms with van der Waals surface area (Å²) in [5.41, 5.74) is 4.76. The van der Waals surface area contributed by atoms with E-state index in [0.717, 1.165) is 28.9 Å². The molecular weight excluding hydrogens is 376 g/mol. The molecule has 5 nitrogen and oxygen atoms in total. The number of benzene rings is 1. The molecule has 1 aliphatic heterocycles. The van der Waals surface area contributed by atoms with Crippen LogP contribution in [-0.2, 0) is 14.3 Å². The summed E-state index contributed by atoms with van der Waals surface area (Å²) < 4.78 is 5.53. The lowest BCUT2D eigenvalue weighted by Gasteiger charge is -2.36. The molecule has 0 fully saturated rings. The van der Waals surface area contributed by atoms with Crippen molar-refractivity contribution < 1.29 is 14.3 Å². The van der Waals surface area contributed by atoms with Crippen LogP contribution in [0.15, 0.2) is 77.4 Å². The second-order valence-electron chi connectivity index (χ2n) is 8.17. The van der Waals surface area contributed by atoms with Crippen molar-refractivity contribution in [3.8, 4) is 0 Å². The highest BCUT2D eigenvalue weighted by Gasteiger charge is 2.41. The van der Waals surface area contributed by atoms with E-state index in [0.29, 0.717) is 17.6 Å². The van der Waals surface area contributed by atoms with Crippen LogP contribution in [0.5, 0.6) is 0 Å². The van der Waals surface area contributed by atoms with Gasteiger partial charge in [0, 0.05) is 41.7 Å².